The lowest BCUT2D eigenvalue weighted by Gasteiger charge is -2.13. The van der Waals surface area contributed by atoms with Crippen molar-refractivity contribution in [1.29, 1.82) is 0 Å². The van der Waals surface area contributed by atoms with Gasteiger partial charge in [0.05, 0.1) is 0 Å². The van der Waals surface area contributed by atoms with Gasteiger partial charge in [-0.1, -0.05) is 12.1 Å². The Labute approximate surface area is 165 Å². The number of nitrogens with one attached hydrogen (secondary N) is 1. The number of fused-ring (bicyclic) bond motifs is 3. The molecule has 2 heterocycles. The monoisotopic (exact) mass is 394 g/mol. The van der Waals surface area contributed by atoms with Gasteiger partial charge < -0.3 is 9.47 Å². The number of nitrogens with zero attached hydrogens (tertiary/aromatic N) is 5. The number of carbonyl (C=O) groups excluding carboxylic acids is 2. The van der Waals surface area contributed by atoms with Gasteiger partial charge in [0.15, 0.2) is 0 Å². The van der Waals surface area contributed by atoms with Crippen LogP contribution in [0.5, 0.6) is 5.75 Å². The van der Waals surface area contributed by atoms with Crippen LogP contribution < -0.4 is 4.74 Å². The summed E-state index contributed by atoms with van der Waals surface area (Å²) in [5.74, 6) is 0.657. The third-order valence-electron chi connectivity index (χ3n) is 5.26. The van der Waals surface area contributed by atoms with Gasteiger partial charge in [-0.15, -0.1) is 15.0 Å². The largest absolute Gasteiger partial charge is 0.435 e. The number of H-pyrrole nitrogens is 1. The first kappa shape index (κ1) is 17.5. The lowest BCUT2D eigenvalue weighted by Crippen LogP contribution is -2.18. The molecule has 3 aromatic rings. The van der Waals surface area contributed by atoms with Crippen molar-refractivity contribution in [3.05, 3.63) is 41.1 Å². The molecule has 0 spiro atoms. The van der Waals surface area contributed by atoms with Crippen LogP contribution in [0.25, 0.3) is 11.5 Å². The van der Waals surface area contributed by atoms with Crippen LogP contribution >= 0.6 is 0 Å². The molecule has 2 aliphatic rings. The number of tetrazole rings is 1. The zero-order chi connectivity index (χ0) is 20.1. The van der Waals surface area contributed by atoms with E-state index in [4.69, 9.17) is 9.47 Å². The van der Waals surface area contributed by atoms with E-state index in [0.29, 0.717) is 23.4 Å². The Bertz CT molecular complexity index is 1120. The second-order valence-electron chi connectivity index (χ2n) is 7.30. The molecule has 3 atom stereocenters. The van der Waals surface area contributed by atoms with Crippen molar-refractivity contribution in [2.24, 2.45) is 5.92 Å². The van der Waals surface area contributed by atoms with Gasteiger partial charge in [0.2, 0.25) is 12.1 Å². The molecular weight excluding hydrogens is 376 g/mol. The molecule has 1 fully saturated rings. The van der Waals surface area contributed by atoms with Crippen LogP contribution in [0.3, 0.4) is 0 Å². The van der Waals surface area contributed by atoms with E-state index in [1.165, 1.54) is 36.0 Å². The molecule has 2 aliphatic carbocycles. The highest BCUT2D eigenvalue weighted by atomic mass is 16.6. The summed E-state index contributed by atoms with van der Waals surface area (Å²) in [6.07, 6.45) is 1.39. The van der Waals surface area contributed by atoms with E-state index in [1.54, 1.807) is 19.1 Å². The Morgan fingerprint density at radius 2 is 2.14 bits per heavy atom. The Morgan fingerprint density at radius 3 is 2.97 bits per heavy atom. The molecule has 148 valence electrons. The molecule has 10 heteroatoms. The van der Waals surface area contributed by atoms with Gasteiger partial charge in [-0.25, -0.2) is 4.79 Å². The normalized spacial score (nSPS) is 19.9. The van der Waals surface area contributed by atoms with Crippen molar-refractivity contribution in [1.82, 2.24) is 30.4 Å². The van der Waals surface area contributed by atoms with Gasteiger partial charge in [0, 0.05) is 24.1 Å². The van der Waals surface area contributed by atoms with Crippen LogP contribution in [0.1, 0.15) is 54.0 Å². The van der Waals surface area contributed by atoms with Crippen LogP contribution in [0.4, 0.5) is 0 Å². The number of aromatic amines is 1. The van der Waals surface area contributed by atoms with Crippen LogP contribution in [-0.2, 0) is 16.0 Å². The topological polar surface area (TPSA) is 125 Å². The van der Waals surface area contributed by atoms with E-state index in [2.05, 4.69) is 25.6 Å². The summed E-state index contributed by atoms with van der Waals surface area (Å²) in [6.45, 7) is 2.89. The summed E-state index contributed by atoms with van der Waals surface area (Å²) in [7, 11) is 0. The number of rotatable bonds is 5. The zero-order valence-electron chi connectivity index (χ0n) is 15.8. The number of ether oxygens (including phenoxy) is 2. The molecule has 1 N–H and O–H groups in total. The molecule has 29 heavy (non-hydrogen) atoms. The van der Waals surface area contributed by atoms with Gasteiger partial charge in [0.1, 0.15) is 17.0 Å². The number of benzene rings is 1. The van der Waals surface area contributed by atoms with E-state index >= 15 is 0 Å². The fourth-order valence-corrected chi connectivity index (χ4v) is 3.78. The number of hydrogen-bond donors (Lipinski definition) is 1. The average molecular weight is 394 g/mol. The SMILES string of the molecule is CC(=O)Oc1ccccc1C(=O)OC(C)n1nnc(-c2n[nH]c3c2C[C@H]2C[C@@H]32)n1. The van der Waals surface area contributed by atoms with E-state index in [1.807, 2.05) is 0 Å². The van der Waals surface area contributed by atoms with Crippen molar-refractivity contribution in [3.63, 3.8) is 0 Å². The van der Waals surface area contributed by atoms with Crippen LogP contribution in [0, 0.1) is 5.92 Å². The van der Waals surface area contributed by atoms with Gasteiger partial charge in [-0.2, -0.15) is 5.10 Å². The van der Waals surface area contributed by atoms with Crippen molar-refractivity contribution < 1.29 is 19.1 Å². The van der Waals surface area contributed by atoms with Gasteiger partial charge >= 0.3 is 11.9 Å². The highest BCUT2D eigenvalue weighted by molar-refractivity contribution is 5.93. The van der Waals surface area contributed by atoms with Crippen molar-refractivity contribution in [2.45, 2.75) is 38.8 Å². The first-order chi connectivity index (χ1) is 14.0. The maximum Gasteiger partial charge on any atom is 0.343 e. The zero-order valence-corrected chi connectivity index (χ0v) is 15.8. The molecule has 0 bridgehead atoms. The Kier molecular flexibility index (Phi) is 3.93. The second kappa shape index (κ2) is 6.50. The number of hydrogen-bond acceptors (Lipinski definition) is 8. The van der Waals surface area contributed by atoms with Crippen LogP contribution in [-0.4, -0.2) is 42.3 Å². The first-order valence-corrected chi connectivity index (χ1v) is 9.36. The quantitative estimate of drug-likeness (QED) is 0.515. The summed E-state index contributed by atoms with van der Waals surface area (Å²) in [6, 6.07) is 6.36. The fourth-order valence-electron chi connectivity index (χ4n) is 3.78. The summed E-state index contributed by atoms with van der Waals surface area (Å²) in [5.41, 5.74) is 3.19. The molecular formula is C19H18N6O4. The minimum absolute atomic E-state index is 0.134. The third-order valence-corrected chi connectivity index (χ3v) is 5.26. The fraction of sp³-hybridized carbons (Fsp3) is 0.368. The summed E-state index contributed by atoms with van der Waals surface area (Å²) in [4.78, 5) is 25.0. The molecule has 0 radical (unpaired) electrons. The van der Waals surface area contributed by atoms with E-state index in [9.17, 15) is 9.59 Å². The molecule has 1 aromatic carbocycles. The standard InChI is InChI=1S/C19H18N6O4/c1-9(28-19(27)12-5-3-4-6-15(12)29-10(2)26)25-23-18(22-24-25)17-14-8-11-7-13(11)16(14)20-21-17/h3-6,9,11,13H,7-8H2,1-2H3,(H,20,21)/t9?,11-,13-/m1/s1. The van der Waals surface area contributed by atoms with Crippen molar-refractivity contribution >= 4 is 11.9 Å². The van der Waals surface area contributed by atoms with E-state index in [0.717, 1.165) is 12.0 Å². The highest BCUT2D eigenvalue weighted by Crippen LogP contribution is 2.56. The van der Waals surface area contributed by atoms with Gasteiger partial charge in [-0.3, -0.25) is 9.89 Å². The third kappa shape index (κ3) is 3.06. The maximum absolute atomic E-state index is 12.5. The predicted octanol–water partition coefficient (Wildman–Crippen LogP) is 2.02. The van der Waals surface area contributed by atoms with Crippen LogP contribution in [0.15, 0.2) is 24.3 Å². The molecule has 0 aliphatic heterocycles. The molecule has 2 aromatic heterocycles. The Hall–Kier alpha value is -3.56. The van der Waals surface area contributed by atoms with Gasteiger partial charge in [0.25, 0.3) is 0 Å². The average Bonchev–Trinajstić information content (AvgIpc) is 3.04. The molecule has 10 nitrogen and oxygen atoms in total. The molecule has 1 unspecified atom stereocenters. The van der Waals surface area contributed by atoms with Crippen LogP contribution in [0.2, 0.25) is 0 Å². The first-order valence-electron chi connectivity index (χ1n) is 9.36. The molecule has 0 saturated heterocycles. The molecule has 1 saturated carbocycles. The lowest BCUT2D eigenvalue weighted by molar-refractivity contribution is -0.131. The lowest BCUT2D eigenvalue weighted by atomic mass is 10.1. The number of para-hydroxylation sites is 1. The Balaban J connectivity index is 1.32. The number of carbonyl (C=O) groups is 2. The van der Waals surface area contributed by atoms with Crippen molar-refractivity contribution in [2.75, 3.05) is 0 Å². The minimum Gasteiger partial charge on any atom is -0.435 e. The van der Waals surface area contributed by atoms with E-state index < -0.39 is 18.2 Å². The van der Waals surface area contributed by atoms with E-state index in [-0.39, 0.29) is 11.3 Å². The Morgan fingerprint density at radius 1 is 1.31 bits per heavy atom. The number of esters is 2. The smallest absolute Gasteiger partial charge is 0.343 e. The highest BCUT2D eigenvalue weighted by Gasteiger charge is 2.48. The molecule has 0 amide bonds. The second-order valence-corrected chi connectivity index (χ2v) is 7.30. The van der Waals surface area contributed by atoms with Crippen molar-refractivity contribution in [3.8, 4) is 17.3 Å². The maximum atomic E-state index is 12.5. The molecule has 5 rings (SSSR count). The van der Waals surface area contributed by atoms with Gasteiger partial charge in [-0.05, 0) is 43.0 Å². The summed E-state index contributed by atoms with van der Waals surface area (Å²) in [5, 5.41) is 19.9. The summed E-state index contributed by atoms with van der Waals surface area (Å²) < 4.78 is 10.5. The number of aromatic nitrogens is 6. The summed E-state index contributed by atoms with van der Waals surface area (Å²) >= 11 is 0. The predicted molar refractivity (Wildman–Crippen MR) is 97.8 cm³/mol. The minimum atomic E-state index is -0.811.